The highest BCUT2D eigenvalue weighted by Gasteiger charge is 2.26. The molecule has 0 aliphatic heterocycles. The Kier molecular flexibility index (Phi) is 11.0. The van der Waals surface area contributed by atoms with E-state index in [2.05, 4.69) is 13.8 Å². The second kappa shape index (κ2) is 12.4. The second-order valence-electron chi connectivity index (χ2n) is 9.58. The quantitative estimate of drug-likeness (QED) is 0.387. The van der Waals surface area contributed by atoms with Crippen molar-refractivity contribution in [3.63, 3.8) is 0 Å². The molecule has 1 aromatic heterocycles. The van der Waals surface area contributed by atoms with Gasteiger partial charge in [0.05, 0.1) is 6.20 Å². The van der Waals surface area contributed by atoms with Crippen molar-refractivity contribution in [3.8, 4) is 5.88 Å². The molecule has 29 heavy (non-hydrogen) atoms. The fourth-order valence-corrected chi connectivity index (χ4v) is 3.90. The van der Waals surface area contributed by atoms with E-state index in [1.165, 1.54) is 34.6 Å². The zero-order valence-electron chi connectivity index (χ0n) is 19.4. The molecule has 0 saturated heterocycles. The Morgan fingerprint density at radius 2 is 1.48 bits per heavy atom. The summed E-state index contributed by atoms with van der Waals surface area (Å²) in [4.78, 5) is 12.4. The van der Waals surface area contributed by atoms with Crippen molar-refractivity contribution >= 4 is 0 Å². The van der Waals surface area contributed by atoms with Crippen molar-refractivity contribution in [1.82, 2.24) is 9.13 Å². The topological polar surface area (TPSA) is 76.6 Å². The van der Waals surface area contributed by atoms with Gasteiger partial charge < -0.3 is 14.9 Å². The predicted octanol–water partition coefficient (Wildman–Crippen LogP) is 4.66. The van der Waals surface area contributed by atoms with Gasteiger partial charge in [0.1, 0.15) is 0 Å². The number of imidazole rings is 1. The first kappa shape index (κ1) is 25.8. The Labute approximate surface area is 176 Å². The minimum Gasteiger partial charge on any atom is -0.493 e. The van der Waals surface area contributed by atoms with Gasteiger partial charge in [0.25, 0.3) is 0 Å². The monoisotopic (exact) mass is 412 g/mol. The normalized spacial score (nSPS) is 12.6. The molecule has 0 unspecified atom stereocenters. The van der Waals surface area contributed by atoms with E-state index in [4.69, 9.17) is 9.84 Å². The van der Waals surface area contributed by atoms with E-state index in [9.17, 15) is 9.90 Å². The van der Waals surface area contributed by atoms with Crippen LogP contribution in [0.15, 0.2) is 11.0 Å². The SMILES string of the molecule is CCn1cc(O)n(C(C)(C)CCCCOCCCCC(C)(C)CCCCO)c1=O. The van der Waals surface area contributed by atoms with E-state index in [1.807, 2.05) is 20.8 Å². The van der Waals surface area contributed by atoms with Crippen molar-refractivity contribution in [2.75, 3.05) is 19.8 Å². The first-order valence-electron chi connectivity index (χ1n) is 11.3. The second-order valence-corrected chi connectivity index (χ2v) is 9.58. The summed E-state index contributed by atoms with van der Waals surface area (Å²) in [7, 11) is 0. The summed E-state index contributed by atoms with van der Waals surface area (Å²) < 4.78 is 8.82. The van der Waals surface area contributed by atoms with E-state index in [0.29, 0.717) is 18.6 Å². The maximum atomic E-state index is 12.4. The molecule has 1 heterocycles. The van der Waals surface area contributed by atoms with Crippen molar-refractivity contribution in [1.29, 1.82) is 0 Å². The molecule has 0 amide bonds. The third-order valence-electron chi connectivity index (χ3n) is 5.86. The fraction of sp³-hybridized carbons (Fsp3) is 0.870. The summed E-state index contributed by atoms with van der Waals surface area (Å²) >= 11 is 0. The lowest BCUT2D eigenvalue weighted by molar-refractivity contribution is 0.119. The lowest BCUT2D eigenvalue weighted by Crippen LogP contribution is -2.36. The number of hydrogen-bond donors (Lipinski definition) is 2. The molecule has 0 bridgehead atoms. The number of unbranched alkanes of at least 4 members (excludes halogenated alkanes) is 3. The third-order valence-corrected chi connectivity index (χ3v) is 5.86. The molecule has 0 spiro atoms. The van der Waals surface area contributed by atoms with Crippen LogP contribution in [0.2, 0.25) is 0 Å². The molecule has 0 aliphatic carbocycles. The molecule has 0 aromatic carbocycles. The van der Waals surface area contributed by atoms with Crippen molar-refractivity contribution in [2.45, 2.75) is 104 Å². The van der Waals surface area contributed by atoms with Crippen LogP contribution in [0.25, 0.3) is 0 Å². The fourth-order valence-electron chi connectivity index (χ4n) is 3.90. The highest BCUT2D eigenvalue weighted by Crippen LogP contribution is 2.29. The van der Waals surface area contributed by atoms with Crippen LogP contribution in [0.5, 0.6) is 5.88 Å². The van der Waals surface area contributed by atoms with Gasteiger partial charge in [0, 0.05) is 31.9 Å². The largest absolute Gasteiger partial charge is 0.493 e. The lowest BCUT2D eigenvalue weighted by atomic mass is 9.82. The molecular weight excluding hydrogens is 368 g/mol. The molecule has 6 nitrogen and oxygen atoms in total. The molecule has 0 radical (unpaired) electrons. The van der Waals surface area contributed by atoms with Gasteiger partial charge >= 0.3 is 5.69 Å². The number of aromatic nitrogens is 2. The standard InChI is InChI=1S/C23H44N2O4/c1-6-24-19-20(27)25(21(24)28)23(4,5)15-9-12-18-29-17-11-8-14-22(2,3)13-7-10-16-26/h19,26-27H,6-18H2,1-5H3. The number of rotatable bonds is 16. The summed E-state index contributed by atoms with van der Waals surface area (Å²) in [6.07, 6.45) is 10.9. The molecule has 170 valence electrons. The molecule has 2 N–H and O–H groups in total. The van der Waals surface area contributed by atoms with Gasteiger partial charge in [-0.05, 0) is 71.1 Å². The maximum Gasteiger partial charge on any atom is 0.331 e. The molecule has 0 fully saturated rings. The van der Waals surface area contributed by atoms with Crippen LogP contribution in [0.1, 0.15) is 92.4 Å². The molecule has 0 atom stereocenters. The minimum atomic E-state index is -0.413. The number of aromatic hydroxyl groups is 1. The first-order valence-corrected chi connectivity index (χ1v) is 11.3. The molecule has 1 rings (SSSR count). The van der Waals surface area contributed by atoms with Crippen LogP contribution >= 0.6 is 0 Å². The highest BCUT2D eigenvalue weighted by molar-refractivity contribution is 5.09. The number of hydrogen-bond acceptors (Lipinski definition) is 4. The van der Waals surface area contributed by atoms with Crippen LogP contribution in [-0.2, 0) is 16.8 Å². The lowest BCUT2D eigenvalue weighted by Gasteiger charge is -2.26. The smallest absolute Gasteiger partial charge is 0.331 e. The van der Waals surface area contributed by atoms with Crippen molar-refractivity contribution in [3.05, 3.63) is 16.7 Å². The Morgan fingerprint density at radius 1 is 0.931 bits per heavy atom. The van der Waals surface area contributed by atoms with Gasteiger partial charge in [-0.25, -0.2) is 4.79 Å². The summed E-state index contributed by atoms with van der Waals surface area (Å²) in [5, 5.41) is 19.0. The maximum absolute atomic E-state index is 12.4. The first-order chi connectivity index (χ1) is 13.6. The number of nitrogens with zero attached hydrogens (tertiary/aromatic N) is 2. The van der Waals surface area contributed by atoms with Crippen molar-refractivity contribution in [2.24, 2.45) is 5.41 Å². The van der Waals surface area contributed by atoms with Crippen LogP contribution < -0.4 is 5.69 Å². The van der Waals surface area contributed by atoms with Crippen LogP contribution in [0.3, 0.4) is 0 Å². The van der Waals surface area contributed by atoms with Crippen LogP contribution in [0, 0.1) is 5.41 Å². The number of aryl methyl sites for hydroxylation is 1. The third kappa shape index (κ3) is 8.95. The van der Waals surface area contributed by atoms with Gasteiger partial charge in [-0.2, -0.15) is 0 Å². The average Bonchev–Trinajstić information content (AvgIpc) is 2.94. The highest BCUT2D eigenvalue weighted by atomic mass is 16.5. The van der Waals surface area contributed by atoms with Crippen LogP contribution in [0.4, 0.5) is 0 Å². The molecule has 1 aromatic rings. The molecule has 6 heteroatoms. The van der Waals surface area contributed by atoms with Gasteiger partial charge in [-0.15, -0.1) is 0 Å². The Bertz CT molecular complexity index is 631. The summed E-state index contributed by atoms with van der Waals surface area (Å²) in [6.45, 7) is 12.9. The van der Waals surface area contributed by atoms with Gasteiger partial charge in [-0.1, -0.05) is 26.7 Å². The Morgan fingerprint density at radius 3 is 2.00 bits per heavy atom. The van der Waals surface area contributed by atoms with E-state index in [1.54, 1.807) is 0 Å². The summed E-state index contributed by atoms with van der Waals surface area (Å²) in [5.41, 5.74) is -0.213. The van der Waals surface area contributed by atoms with E-state index in [-0.39, 0.29) is 11.6 Å². The number of aliphatic hydroxyl groups excluding tert-OH is 1. The summed E-state index contributed by atoms with van der Waals surface area (Å²) in [6, 6.07) is 0. The van der Waals surface area contributed by atoms with Crippen molar-refractivity contribution < 1.29 is 14.9 Å². The molecular formula is C23H44N2O4. The van der Waals surface area contributed by atoms with E-state index < -0.39 is 5.54 Å². The van der Waals surface area contributed by atoms with Gasteiger partial charge in [0.2, 0.25) is 5.88 Å². The van der Waals surface area contributed by atoms with E-state index in [0.717, 1.165) is 51.7 Å². The average molecular weight is 413 g/mol. The predicted molar refractivity (Wildman–Crippen MR) is 119 cm³/mol. The zero-order valence-corrected chi connectivity index (χ0v) is 19.4. The van der Waals surface area contributed by atoms with Gasteiger partial charge in [-0.3, -0.25) is 9.13 Å². The number of ether oxygens (including phenoxy) is 1. The van der Waals surface area contributed by atoms with Gasteiger partial charge in [0.15, 0.2) is 0 Å². The minimum absolute atomic E-state index is 0.0392. The Hall–Kier alpha value is -1.27. The zero-order chi connectivity index (χ0) is 21.9. The van der Waals surface area contributed by atoms with Crippen LogP contribution in [-0.4, -0.2) is 39.2 Å². The molecule has 0 saturated carbocycles. The molecule has 0 aliphatic rings. The Balaban J connectivity index is 2.18. The number of aliphatic hydroxyl groups is 1. The van der Waals surface area contributed by atoms with E-state index >= 15 is 0 Å². The summed E-state index contributed by atoms with van der Waals surface area (Å²) in [5.74, 6) is 0.0392.